The quantitative estimate of drug-likeness (QED) is 0.774. The van der Waals surface area contributed by atoms with Gasteiger partial charge in [-0.25, -0.2) is 4.79 Å². The molecule has 2 rings (SSSR count). The number of benzene rings is 1. The monoisotopic (exact) mass is 395 g/mol. The predicted molar refractivity (Wildman–Crippen MR) is 110 cm³/mol. The van der Waals surface area contributed by atoms with Crippen LogP contribution in [0.1, 0.15) is 66.9 Å². The number of nitrogens with one attached hydrogen (secondary N) is 1. The van der Waals surface area contributed by atoms with Crippen LogP contribution >= 0.6 is 11.6 Å². The maximum Gasteiger partial charge on any atom is 0.494 e. The molecule has 7 heteroatoms. The summed E-state index contributed by atoms with van der Waals surface area (Å²) in [5, 5.41) is 3.41. The van der Waals surface area contributed by atoms with Crippen LogP contribution in [0.3, 0.4) is 0 Å². The molecular formula is C20H31BClNO4. The van der Waals surface area contributed by atoms with Gasteiger partial charge in [-0.1, -0.05) is 30.7 Å². The molecule has 150 valence electrons. The lowest BCUT2D eigenvalue weighted by molar-refractivity contribution is 0.00578. The molecule has 0 saturated carbocycles. The Kier molecular flexibility index (Phi) is 6.25. The van der Waals surface area contributed by atoms with Gasteiger partial charge in [-0.05, 0) is 65.6 Å². The third-order valence-electron chi connectivity index (χ3n) is 5.03. The van der Waals surface area contributed by atoms with Gasteiger partial charge in [-0.3, -0.25) is 0 Å². The van der Waals surface area contributed by atoms with Crippen molar-refractivity contribution < 1.29 is 18.8 Å². The number of hydrogen-bond acceptors (Lipinski definition) is 4. The molecule has 1 aromatic carbocycles. The van der Waals surface area contributed by atoms with Crippen molar-refractivity contribution >= 4 is 30.3 Å². The first-order valence-electron chi connectivity index (χ1n) is 9.34. The molecule has 1 saturated heterocycles. The Balaban J connectivity index is 2.03. The van der Waals surface area contributed by atoms with Gasteiger partial charge in [0.1, 0.15) is 5.60 Å². The second-order valence-electron chi connectivity index (χ2n) is 9.15. The van der Waals surface area contributed by atoms with Crippen LogP contribution in [0.15, 0.2) is 18.2 Å². The highest BCUT2D eigenvalue weighted by Crippen LogP contribution is 2.36. The summed E-state index contributed by atoms with van der Waals surface area (Å²) < 4.78 is 17.4. The van der Waals surface area contributed by atoms with Crippen LogP contribution in [0.2, 0.25) is 5.02 Å². The van der Waals surface area contributed by atoms with Gasteiger partial charge >= 0.3 is 13.2 Å². The van der Waals surface area contributed by atoms with Gasteiger partial charge in [0.2, 0.25) is 0 Å². The predicted octanol–water partition coefficient (Wildman–Crippen LogP) is 4.27. The van der Waals surface area contributed by atoms with Crippen molar-refractivity contribution in [2.24, 2.45) is 0 Å². The Morgan fingerprint density at radius 1 is 1.22 bits per heavy atom. The van der Waals surface area contributed by atoms with E-state index in [0.717, 1.165) is 11.0 Å². The largest absolute Gasteiger partial charge is 0.494 e. The number of halogens is 1. The maximum atomic E-state index is 11.8. The summed E-state index contributed by atoms with van der Waals surface area (Å²) in [6.07, 6.45) is -0.431. The molecule has 5 nitrogen and oxygen atoms in total. The molecule has 0 bridgehead atoms. The lowest BCUT2D eigenvalue weighted by Gasteiger charge is -2.32. The molecule has 1 atom stereocenters. The molecular weight excluding hydrogens is 364 g/mol. The fourth-order valence-electron chi connectivity index (χ4n) is 2.73. The van der Waals surface area contributed by atoms with Crippen LogP contribution in [-0.2, 0) is 14.0 Å². The summed E-state index contributed by atoms with van der Waals surface area (Å²) in [5.74, 6) is 0.0392. The van der Waals surface area contributed by atoms with Crippen LogP contribution < -0.4 is 10.8 Å². The zero-order valence-corrected chi connectivity index (χ0v) is 18.4. The highest BCUT2D eigenvalue weighted by atomic mass is 35.5. The number of carbonyl (C=O) groups excluding carboxylic acids is 1. The lowest BCUT2D eigenvalue weighted by Crippen LogP contribution is -2.41. The van der Waals surface area contributed by atoms with E-state index in [-0.39, 0.29) is 5.92 Å². The van der Waals surface area contributed by atoms with Crippen molar-refractivity contribution in [3.8, 4) is 0 Å². The first-order chi connectivity index (χ1) is 12.2. The van der Waals surface area contributed by atoms with Gasteiger partial charge in [0, 0.05) is 17.5 Å². The van der Waals surface area contributed by atoms with Crippen molar-refractivity contribution in [3.63, 3.8) is 0 Å². The van der Waals surface area contributed by atoms with Crippen molar-refractivity contribution in [2.75, 3.05) is 6.54 Å². The zero-order valence-electron chi connectivity index (χ0n) is 17.6. The molecule has 1 heterocycles. The van der Waals surface area contributed by atoms with E-state index in [1.54, 1.807) is 0 Å². The van der Waals surface area contributed by atoms with Crippen molar-refractivity contribution in [3.05, 3.63) is 28.8 Å². The Hall–Kier alpha value is -1.24. The Morgan fingerprint density at radius 2 is 1.78 bits per heavy atom. The number of rotatable bonds is 4. The van der Waals surface area contributed by atoms with E-state index in [2.05, 4.69) is 5.32 Å². The molecule has 1 aliphatic heterocycles. The molecule has 1 amide bonds. The zero-order chi connectivity index (χ0) is 20.6. The SMILES string of the molecule is CC(CNC(=O)OC(C)(C)C)c1ccc(B2OC(C)(C)C(C)(C)O2)cc1Cl. The van der Waals surface area contributed by atoms with Crippen molar-refractivity contribution in [1.29, 1.82) is 0 Å². The fourth-order valence-corrected chi connectivity index (χ4v) is 3.10. The maximum absolute atomic E-state index is 11.8. The molecule has 0 spiro atoms. The molecule has 0 aliphatic carbocycles. The molecule has 0 aromatic heterocycles. The van der Waals surface area contributed by atoms with E-state index in [1.807, 2.05) is 73.6 Å². The van der Waals surface area contributed by atoms with Crippen molar-refractivity contribution in [2.45, 2.75) is 78.1 Å². The fraction of sp³-hybridized carbons (Fsp3) is 0.650. The summed E-state index contributed by atoms with van der Waals surface area (Å²) in [4.78, 5) is 11.8. The standard InChI is InChI=1S/C20H31BClNO4/c1-13(12-23-17(24)25-18(2,3)4)15-10-9-14(11-16(15)22)21-26-19(5,6)20(7,8)27-21/h9-11,13H,12H2,1-8H3,(H,23,24). The molecule has 1 fully saturated rings. The van der Waals surface area contributed by atoms with E-state index >= 15 is 0 Å². The van der Waals surface area contributed by atoms with Crippen molar-refractivity contribution in [1.82, 2.24) is 5.32 Å². The molecule has 1 N–H and O–H groups in total. The van der Waals surface area contributed by atoms with Crippen LogP contribution in [0.5, 0.6) is 0 Å². The normalized spacial score (nSPS) is 19.7. The van der Waals surface area contributed by atoms with Crippen LogP contribution in [0, 0.1) is 0 Å². The number of carbonyl (C=O) groups is 1. The van der Waals surface area contributed by atoms with E-state index in [4.69, 9.17) is 25.6 Å². The highest BCUT2D eigenvalue weighted by Gasteiger charge is 2.51. The topological polar surface area (TPSA) is 56.8 Å². The summed E-state index contributed by atoms with van der Waals surface area (Å²) >= 11 is 6.51. The van der Waals surface area contributed by atoms with E-state index in [9.17, 15) is 4.79 Å². The minimum absolute atomic E-state index is 0.0392. The third kappa shape index (κ3) is 5.40. The first-order valence-corrected chi connectivity index (χ1v) is 9.71. The van der Waals surface area contributed by atoms with E-state index in [0.29, 0.717) is 11.6 Å². The van der Waals surface area contributed by atoms with Crippen LogP contribution in [0.4, 0.5) is 4.79 Å². The van der Waals surface area contributed by atoms with Gasteiger partial charge in [0.25, 0.3) is 0 Å². The Morgan fingerprint density at radius 3 is 2.26 bits per heavy atom. The first kappa shape index (κ1) is 22.1. The Bertz CT molecular complexity index is 684. The summed E-state index contributed by atoms with van der Waals surface area (Å²) in [7, 11) is -0.447. The lowest BCUT2D eigenvalue weighted by atomic mass is 9.78. The van der Waals surface area contributed by atoms with Crippen LogP contribution in [-0.4, -0.2) is 36.6 Å². The van der Waals surface area contributed by atoms with Gasteiger partial charge in [0.05, 0.1) is 11.2 Å². The van der Waals surface area contributed by atoms with Crippen LogP contribution in [0.25, 0.3) is 0 Å². The Labute approximate surface area is 168 Å². The average Bonchev–Trinajstić information content (AvgIpc) is 2.71. The smallest absolute Gasteiger partial charge is 0.444 e. The minimum atomic E-state index is -0.518. The van der Waals surface area contributed by atoms with Gasteiger partial charge in [-0.2, -0.15) is 0 Å². The second-order valence-corrected chi connectivity index (χ2v) is 9.56. The van der Waals surface area contributed by atoms with Gasteiger partial charge in [-0.15, -0.1) is 0 Å². The molecule has 27 heavy (non-hydrogen) atoms. The van der Waals surface area contributed by atoms with E-state index < -0.39 is 30.0 Å². The molecule has 1 aliphatic rings. The number of ether oxygens (including phenoxy) is 1. The number of amides is 1. The summed E-state index contributed by atoms with van der Waals surface area (Å²) in [6.45, 7) is 16.0. The van der Waals surface area contributed by atoms with Gasteiger partial charge < -0.3 is 19.4 Å². The van der Waals surface area contributed by atoms with E-state index in [1.165, 1.54) is 0 Å². The summed E-state index contributed by atoms with van der Waals surface area (Å²) in [6, 6.07) is 5.81. The molecule has 1 unspecified atom stereocenters. The molecule has 0 radical (unpaired) electrons. The average molecular weight is 396 g/mol. The highest BCUT2D eigenvalue weighted by molar-refractivity contribution is 6.62. The second kappa shape index (κ2) is 7.65. The molecule has 1 aromatic rings. The summed E-state index contributed by atoms with van der Waals surface area (Å²) in [5.41, 5.74) is 0.527. The minimum Gasteiger partial charge on any atom is -0.444 e. The number of alkyl carbamates (subject to hydrolysis) is 1. The third-order valence-corrected chi connectivity index (χ3v) is 5.36. The van der Waals surface area contributed by atoms with Gasteiger partial charge in [0.15, 0.2) is 0 Å². The number of hydrogen-bond donors (Lipinski definition) is 1.